The lowest BCUT2D eigenvalue weighted by molar-refractivity contribution is 1.14. The van der Waals surface area contributed by atoms with Gasteiger partial charge in [-0.2, -0.15) is 0 Å². The van der Waals surface area contributed by atoms with Crippen molar-refractivity contribution in [3.05, 3.63) is 41.7 Å². The molecule has 0 aliphatic rings. The van der Waals surface area contributed by atoms with Crippen molar-refractivity contribution in [3.63, 3.8) is 0 Å². The molecule has 2 aromatic rings. The molecule has 0 amide bonds. The van der Waals surface area contributed by atoms with Gasteiger partial charge in [0.2, 0.25) is 0 Å². The van der Waals surface area contributed by atoms with E-state index in [1.165, 1.54) is 16.6 Å². The van der Waals surface area contributed by atoms with Gasteiger partial charge in [-0.25, -0.2) is 0 Å². The van der Waals surface area contributed by atoms with Crippen LogP contribution in [0, 0.1) is 13.8 Å². The van der Waals surface area contributed by atoms with Gasteiger partial charge in [0.05, 0.1) is 0 Å². The lowest BCUT2D eigenvalue weighted by atomic mass is 10.2. The summed E-state index contributed by atoms with van der Waals surface area (Å²) in [6.07, 6.45) is 4.23. The quantitative estimate of drug-likeness (QED) is 0.576. The van der Waals surface area contributed by atoms with Gasteiger partial charge in [0.1, 0.15) is 0 Å². The van der Waals surface area contributed by atoms with E-state index in [0.29, 0.717) is 0 Å². The summed E-state index contributed by atoms with van der Waals surface area (Å²) >= 11 is 0. The molecular weight excluding hydrogens is 158 g/mol. The molecule has 13 heavy (non-hydrogen) atoms. The Kier molecular flexibility index (Phi) is 3.13. The fourth-order valence-electron chi connectivity index (χ4n) is 1.29. The van der Waals surface area contributed by atoms with E-state index in [-0.39, 0.29) is 0 Å². The molecule has 70 valence electrons. The second-order valence-corrected chi connectivity index (χ2v) is 2.98. The lowest BCUT2D eigenvalue weighted by Gasteiger charge is -2.00. The second-order valence-electron chi connectivity index (χ2n) is 2.98. The van der Waals surface area contributed by atoms with E-state index in [4.69, 9.17) is 0 Å². The Balaban J connectivity index is 0.000000396. The highest BCUT2D eigenvalue weighted by Gasteiger charge is 1.94. The fourth-order valence-corrected chi connectivity index (χ4v) is 1.29. The van der Waals surface area contributed by atoms with Gasteiger partial charge in [-0.15, -0.1) is 0 Å². The van der Waals surface area contributed by atoms with Crippen molar-refractivity contribution in [1.82, 2.24) is 4.40 Å². The molecule has 0 fully saturated rings. The smallest absolute Gasteiger partial charge is 0.0452 e. The molecule has 0 aliphatic heterocycles. The Morgan fingerprint density at radius 2 is 1.77 bits per heavy atom. The van der Waals surface area contributed by atoms with Crippen molar-refractivity contribution in [1.29, 1.82) is 0 Å². The zero-order chi connectivity index (χ0) is 9.84. The van der Waals surface area contributed by atoms with Crippen molar-refractivity contribution >= 4 is 5.52 Å². The molecule has 0 spiro atoms. The minimum absolute atomic E-state index is 1.27. The van der Waals surface area contributed by atoms with E-state index in [0.717, 1.165) is 0 Å². The zero-order valence-corrected chi connectivity index (χ0v) is 8.83. The third-order valence-electron chi connectivity index (χ3n) is 2.13. The number of nitrogens with zero attached hydrogens (tertiary/aromatic N) is 1. The summed E-state index contributed by atoms with van der Waals surface area (Å²) in [5, 5.41) is 0. The van der Waals surface area contributed by atoms with Crippen molar-refractivity contribution < 1.29 is 0 Å². The number of pyridine rings is 1. The zero-order valence-electron chi connectivity index (χ0n) is 8.83. The molecule has 1 heteroatoms. The summed E-state index contributed by atoms with van der Waals surface area (Å²) in [6.45, 7) is 8.27. The summed E-state index contributed by atoms with van der Waals surface area (Å²) in [6, 6.07) is 6.38. The predicted molar refractivity (Wildman–Crippen MR) is 58.2 cm³/mol. The van der Waals surface area contributed by atoms with Gasteiger partial charge in [0, 0.05) is 17.9 Å². The third-order valence-corrected chi connectivity index (χ3v) is 2.13. The van der Waals surface area contributed by atoms with Crippen LogP contribution in [0.1, 0.15) is 25.0 Å². The van der Waals surface area contributed by atoms with Crippen molar-refractivity contribution in [3.8, 4) is 0 Å². The standard InChI is InChI=1S/C10H11N.C2H6/c1-8-6-10-4-3-5-11(10)7-9(8)2;1-2/h3-7H,1-2H3;1-2H3. The molecule has 2 heterocycles. The average molecular weight is 175 g/mol. The first kappa shape index (κ1) is 9.85. The molecule has 0 saturated carbocycles. The average Bonchev–Trinajstić information content (AvgIpc) is 2.56. The van der Waals surface area contributed by atoms with Crippen molar-refractivity contribution in [2.24, 2.45) is 0 Å². The van der Waals surface area contributed by atoms with Gasteiger partial charge in [-0.1, -0.05) is 13.8 Å². The Morgan fingerprint density at radius 1 is 1.08 bits per heavy atom. The first-order valence-corrected chi connectivity index (χ1v) is 4.81. The Bertz CT molecular complexity index is 349. The fraction of sp³-hybridized carbons (Fsp3) is 0.333. The molecular formula is C12H17N. The van der Waals surface area contributed by atoms with Crippen LogP contribution in [0.5, 0.6) is 0 Å². The molecule has 0 aliphatic carbocycles. The van der Waals surface area contributed by atoms with Crippen LogP contribution in [0.25, 0.3) is 5.52 Å². The second kappa shape index (κ2) is 4.13. The van der Waals surface area contributed by atoms with Crippen LogP contribution in [0.2, 0.25) is 0 Å². The highest BCUT2D eigenvalue weighted by molar-refractivity contribution is 5.50. The van der Waals surface area contributed by atoms with Gasteiger partial charge in [0.25, 0.3) is 0 Å². The minimum atomic E-state index is 1.27. The lowest BCUT2D eigenvalue weighted by Crippen LogP contribution is -1.86. The van der Waals surface area contributed by atoms with E-state index in [1.54, 1.807) is 0 Å². The molecule has 0 atom stereocenters. The molecule has 2 rings (SSSR count). The van der Waals surface area contributed by atoms with Crippen LogP contribution >= 0.6 is 0 Å². The van der Waals surface area contributed by atoms with E-state index >= 15 is 0 Å². The van der Waals surface area contributed by atoms with Gasteiger partial charge in [-0.3, -0.25) is 0 Å². The van der Waals surface area contributed by atoms with Gasteiger partial charge in [0.15, 0.2) is 0 Å². The summed E-state index contributed by atoms with van der Waals surface area (Å²) < 4.78 is 2.14. The van der Waals surface area contributed by atoms with Crippen LogP contribution in [-0.2, 0) is 0 Å². The highest BCUT2D eigenvalue weighted by atomic mass is 14.8. The molecule has 0 aromatic carbocycles. The number of fused-ring (bicyclic) bond motifs is 1. The number of rotatable bonds is 0. The number of hydrogen-bond donors (Lipinski definition) is 0. The van der Waals surface area contributed by atoms with E-state index < -0.39 is 0 Å². The van der Waals surface area contributed by atoms with E-state index in [2.05, 4.69) is 48.8 Å². The Labute approximate surface area is 80.0 Å². The SMILES string of the molecule is CC.Cc1cc2cccn2cc1C. The third kappa shape index (κ3) is 1.92. The van der Waals surface area contributed by atoms with Crippen molar-refractivity contribution in [2.75, 3.05) is 0 Å². The predicted octanol–water partition coefficient (Wildman–Crippen LogP) is 3.58. The summed E-state index contributed by atoms with van der Waals surface area (Å²) in [7, 11) is 0. The van der Waals surface area contributed by atoms with E-state index in [9.17, 15) is 0 Å². The molecule has 0 saturated heterocycles. The van der Waals surface area contributed by atoms with Gasteiger partial charge < -0.3 is 4.40 Å². The summed E-state index contributed by atoms with van der Waals surface area (Å²) in [5.74, 6) is 0. The van der Waals surface area contributed by atoms with Crippen LogP contribution in [0.3, 0.4) is 0 Å². The Morgan fingerprint density at radius 3 is 2.46 bits per heavy atom. The van der Waals surface area contributed by atoms with Gasteiger partial charge >= 0.3 is 0 Å². The van der Waals surface area contributed by atoms with Crippen LogP contribution < -0.4 is 0 Å². The maximum atomic E-state index is 2.20. The molecule has 0 bridgehead atoms. The minimum Gasteiger partial charge on any atom is -0.324 e. The molecule has 0 N–H and O–H groups in total. The molecule has 2 aromatic heterocycles. The molecule has 0 radical (unpaired) electrons. The summed E-state index contributed by atoms with van der Waals surface area (Å²) in [5.41, 5.74) is 3.97. The van der Waals surface area contributed by atoms with Crippen LogP contribution in [0.15, 0.2) is 30.6 Å². The van der Waals surface area contributed by atoms with Crippen molar-refractivity contribution in [2.45, 2.75) is 27.7 Å². The number of aromatic nitrogens is 1. The Hall–Kier alpha value is -1.24. The molecule has 1 nitrogen and oxygen atoms in total. The van der Waals surface area contributed by atoms with E-state index in [1.807, 2.05) is 13.8 Å². The summed E-state index contributed by atoms with van der Waals surface area (Å²) in [4.78, 5) is 0. The first-order valence-electron chi connectivity index (χ1n) is 4.81. The number of hydrogen-bond acceptors (Lipinski definition) is 0. The first-order chi connectivity index (χ1) is 6.27. The monoisotopic (exact) mass is 175 g/mol. The topological polar surface area (TPSA) is 4.41 Å². The molecule has 0 unspecified atom stereocenters. The maximum Gasteiger partial charge on any atom is 0.0452 e. The van der Waals surface area contributed by atoms with Crippen LogP contribution in [0.4, 0.5) is 0 Å². The largest absolute Gasteiger partial charge is 0.324 e. The van der Waals surface area contributed by atoms with Crippen LogP contribution in [-0.4, -0.2) is 4.40 Å². The normalized spacial score (nSPS) is 9.54. The maximum absolute atomic E-state index is 2.20. The van der Waals surface area contributed by atoms with Gasteiger partial charge in [-0.05, 0) is 43.2 Å². The highest BCUT2D eigenvalue weighted by Crippen LogP contribution is 2.11. The number of aryl methyl sites for hydroxylation is 2.